The summed E-state index contributed by atoms with van der Waals surface area (Å²) in [4.78, 5) is 16.2. The first-order valence-corrected chi connectivity index (χ1v) is 6.24. The lowest BCUT2D eigenvalue weighted by molar-refractivity contribution is 0.102. The molecule has 1 aromatic carbocycles. The average molecular weight is 258 g/mol. The van der Waals surface area contributed by atoms with Crippen LogP contribution in [0.2, 0.25) is 0 Å². The van der Waals surface area contributed by atoms with Crippen LogP contribution in [-0.4, -0.2) is 15.5 Å². The number of anilines is 2. The van der Waals surface area contributed by atoms with Gasteiger partial charge < -0.3 is 10.3 Å². The Morgan fingerprint density at radius 2 is 2.05 bits per heavy atom. The first-order valence-electron chi connectivity index (χ1n) is 6.24. The second-order valence-electron chi connectivity index (χ2n) is 4.87. The topological polar surface area (TPSA) is 72.9 Å². The van der Waals surface area contributed by atoms with Crippen LogP contribution >= 0.6 is 0 Å². The van der Waals surface area contributed by atoms with Crippen LogP contribution in [0, 0.1) is 5.92 Å². The molecule has 1 heterocycles. The van der Waals surface area contributed by atoms with Crippen LogP contribution in [0.3, 0.4) is 0 Å². The van der Waals surface area contributed by atoms with E-state index < -0.39 is 0 Å². The summed E-state index contributed by atoms with van der Waals surface area (Å²) in [7, 11) is 0. The van der Waals surface area contributed by atoms with E-state index in [-0.39, 0.29) is 5.91 Å². The molecule has 2 rings (SSSR count). The molecule has 0 spiro atoms. The Morgan fingerprint density at radius 3 is 2.68 bits per heavy atom. The number of benzene rings is 1. The summed E-state index contributed by atoms with van der Waals surface area (Å²) >= 11 is 0. The molecule has 0 saturated heterocycles. The predicted molar refractivity (Wildman–Crippen MR) is 75.9 cm³/mol. The molecule has 0 fully saturated rings. The normalized spacial score (nSPS) is 10.7. The number of aromatic nitrogens is 2. The highest BCUT2D eigenvalue weighted by atomic mass is 16.1. The zero-order chi connectivity index (χ0) is 13.8. The van der Waals surface area contributed by atoms with E-state index in [1.165, 1.54) is 0 Å². The number of nitrogens with one attached hydrogen (secondary N) is 1. The third kappa shape index (κ3) is 3.34. The summed E-state index contributed by atoms with van der Waals surface area (Å²) in [5, 5.41) is 2.80. The van der Waals surface area contributed by atoms with E-state index in [1.54, 1.807) is 30.5 Å². The van der Waals surface area contributed by atoms with Crippen LogP contribution < -0.4 is 11.1 Å². The van der Waals surface area contributed by atoms with Gasteiger partial charge in [-0.2, -0.15) is 0 Å². The third-order valence-corrected chi connectivity index (χ3v) is 2.68. The molecule has 1 aromatic heterocycles. The molecule has 100 valence electrons. The molecule has 0 saturated carbocycles. The van der Waals surface area contributed by atoms with Crippen molar-refractivity contribution in [1.82, 2.24) is 9.55 Å². The number of imidazole rings is 1. The van der Waals surface area contributed by atoms with Crippen molar-refractivity contribution in [3.05, 3.63) is 42.2 Å². The largest absolute Gasteiger partial charge is 0.399 e. The fourth-order valence-electron chi connectivity index (χ4n) is 1.78. The summed E-state index contributed by atoms with van der Waals surface area (Å²) < 4.78 is 1.93. The van der Waals surface area contributed by atoms with Gasteiger partial charge in [-0.25, -0.2) is 4.98 Å². The highest BCUT2D eigenvalue weighted by Gasteiger charge is 2.10. The standard InChI is InChI=1S/C14H18N4O/c1-10(2)9-18-8-7-16-14(18)17-13(19)11-3-5-12(15)6-4-11/h3-8,10H,9,15H2,1-2H3,(H,16,17,19). The number of nitrogens with two attached hydrogens (primary N) is 1. The molecule has 0 radical (unpaired) electrons. The molecule has 0 aliphatic rings. The van der Waals surface area contributed by atoms with E-state index in [0.29, 0.717) is 23.1 Å². The van der Waals surface area contributed by atoms with E-state index in [2.05, 4.69) is 24.1 Å². The Morgan fingerprint density at radius 1 is 1.37 bits per heavy atom. The van der Waals surface area contributed by atoms with Crippen LogP contribution in [0.15, 0.2) is 36.7 Å². The zero-order valence-corrected chi connectivity index (χ0v) is 11.1. The average Bonchev–Trinajstić information content (AvgIpc) is 2.76. The van der Waals surface area contributed by atoms with Crippen molar-refractivity contribution in [2.75, 3.05) is 11.1 Å². The smallest absolute Gasteiger partial charge is 0.257 e. The fourth-order valence-corrected chi connectivity index (χ4v) is 1.78. The lowest BCUT2D eigenvalue weighted by Crippen LogP contribution is -2.17. The molecule has 19 heavy (non-hydrogen) atoms. The lowest BCUT2D eigenvalue weighted by atomic mass is 10.2. The maximum absolute atomic E-state index is 12.1. The molecular formula is C14H18N4O. The van der Waals surface area contributed by atoms with Crippen LogP contribution in [0.4, 0.5) is 11.6 Å². The molecular weight excluding hydrogens is 240 g/mol. The van der Waals surface area contributed by atoms with Gasteiger partial charge in [0.2, 0.25) is 5.95 Å². The van der Waals surface area contributed by atoms with Gasteiger partial charge in [0.1, 0.15) is 0 Å². The first-order chi connectivity index (χ1) is 9.06. The van der Waals surface area contributed by atoms with E-state index in [4.69, 9.17) is 5.73 Å². The summed E-state index contributed by atoms with van der Waals surface area (Å²) in [5.41, 5.74) is 6.79. The zero-order valence-electron chi connectivity index (χ0n) is 11.1. The monoisotopic (exact) mass is 258 g/mol. The van der Waals surface area contributed by atoms with Gasteiger partial charge in [-0.3, -0.25) is 10.1 Å². The number of carbonyl (C=O) groups is 1. The Hall–Kier alpha value is -2.30. The highest BCUT2D eigenvalue weighted by molar-refractivity contribution is 6.03. The molecule has 3 N–H and O–H groups in total. The Bertz CT molecular complexity index is 557. The van der Waals surface area contributed by atoms with Crippen LogP contribution in [-0.2, 0) is 6.54 Å². The SMILES string of the molecule is CC(C)Cn1ccnc1NC(=O)c1ccc(N)cc1. The van der Waals surface area contributed by atoms with E-state index in [9.17, 15) is 4.79 Å². The van der Waals surface area contributed by atoms with Crippen molar-refractivity contribution in [3.63, 3.8) is 0 Å². The number of hydrogen-bond acceptors (Lipinski definition) is 3. The number of hydrogen-bond donors (Lipinski definition) is 2. The summed E-state index contributed by atoms with van der Waals surface area (Å²) in [5.74, 6) is 0.869. The first kappa shape index (κ1) is 13.1. The lowest BCUT2D eigenvalue weighted by Gasteiger charge is -2.11. The van der Waals surface area contributed by atoms with Gasteiger partial charge in [-0.05, 0) is 30.2 Å². The minimum atomic E-state index is -0.184. The van der Waals surface area contributed by atoms with E-state index >= 15 is 0 Å². The Balaban J connectivity index is 2.10. The second-order valence-corrected chi connectivity index (χ2v) is 4.87. The quantitative estimate of drug-likeness (QED) is 0.827. The van der Waals surface area contributed by atoms with Gasteiger partial charge in [-0.15, -0.1) is 0 Å². The van der Waals surface area contributed by atoms with Gasteiger partial charge in [0.25, 0.3) is 5.91 Å². The highest BCUT2D eigenvalue weighted by Crippen LogP contribution is 2.11. The molecule has 2 aromatic rings. The number of amides is 1. The molecule has 0 bridgehead atoms. The summed E-state index contributed by atoms with van der Waals surface area (Å²) in [6.07, 6.45) is 3.54. The fraction of sp³-hybridized carbons (Fsp3) is 0.286. The van der Waals surface area contributed by atoms with E-state index in [0.717, 1.165) is 6.54 Å². The van der Waals surface area contributed by atoms with Crippen molar-refractivity contribution in [1.29, 1.82) is 0 Å². The Kier molecular flexibility index (Phi) is 3.85. The Labute approximate surface area is 112 Å². The van der Waals surface area contributed by atoms with Gasteiger partial charge in [0.05, 0.1) is 0 Å². The third-order valence-electron chi connectivity index (χ3n) is 2.68. The van der Waals surface area contributed by atoms with Crippen molar-refractivity contribution < 1.29 is 4.79 Å². The van der Waals surface area contributed by atoms with Gasteiger partial charge in [-0.1, -0.05) is 13.8 Å². The molecule has 5 heteroatoms. The maximum atomic E-state index is 12.1. The summed E-state index contributed by atoms with van der Waals surface area (Å²) in [6.45, 7) is 5.05. The molecule has 0 unspecified atom stereocenters. The molecule has 1 amide bonds. The molecule has 5 nitrogen and oxygen atoms in total. The minimum Gasteiger partial charge on any atom is -0.399 e. The van der Waals surface area contributed by atoms with Gasteiger partial charge in [0.15, 0.2) is 0 Å². The number of rotatable bonds is 4. The van der Waals surface area contributed by atoms with Crippen molar-refractivity contribution in [3.8, 4) is 0 Å². The summed E-state index contributed by atoms with van der Waals surface area (Å²) in [6, 6.07) is 6.80. The maximum Gasteiger partial charge on any atom is 0.257 e. The number of carbonyl (C=O) groups excluding carboxylic acids is 1. The van der Waals surface area contributed by atoms with Crippen LogP contribution in [0.25, 0.3) is 0 Å². The number of nitrogen functional groups attached to an aromatic ring is 1. The molecule has 0 atom stereocenters. The van der Waals surface area contributed by atoms with Crippen molar-refractivity contribution >= 4 is 17.5 Å². The van der Waals surface area contributed by atoms with Crippen molar-refractivity contribution in [2.45, 2.75) is 20.4 Å². The minimum absolute atomic E-state index is 0.184. The van der Waals surface area contributed by atoms with Gasteiger partial charge >= 0.3 is 0 Å². The van der Waals surface area contributed by atoms with Crippen molar-refractivity contribution in [2.24, 2.45) is 5.92 Å². The second kappa shape index (κ2) is 5.56. The van der Waals surface area contributed by atoms with Gasteiger partial charge in [0, 0.05) is 30.2 Å². The number of nitrogens with zero attached hydrogens (tertiary/aromatic N) is 2. The molecule has 0 aliphatic carbocycles. The van der Waals surface area contributed by atoms with Crippen LogP contribution in [0.1, 0.15) is 24.2 Å². The van der Waals surface area contributed by atoms with E-state index in [1.807, 2.05) is 10.8 Å². The molecule has 0 aliphatic heterocycles. The predicted octanol–water partition coefficient (Wildman–Crippen LogP) is 2.37. The van der Waals surface area contributed by atoms with Crippen LogP contribution in [0.5, 0.6) is 0 Å².